The van der Waals surface area contributed by atoms with E-state index in [4.69, 9.17) is 4.74 Å². The number of halogens is 1. The van der Waals surface area contributed by atoms with Crippen LogP contribution < -0.4 is 5.32 Å². The minimum atomic E-state index is 0.00315. The van der Waals surface area contributed by atoms with Crippen LogP contribution in [0, 0.1) is 0 Å². The molecule has 1 aliphatic rings. The van der Waals surface area contributed by atoms with Gasteiger partial charge in [-0.15, -0.1) is 11.3 Å². The lowest BCUT2D eigenvalue weighted by Gasteiger charge is -2.19. The molecule has 3 nitrogen and oxygen atoms in total. The fourth-order valence-electron chi connectivity index (χ4n) is 2.13. The highest BCUT2D eigenvalue weighted by atomic mass is 79.9. The third-order valence-electron chi connectivity index (χ3n) is 3.18. The number of rotatable bonds is 4. The number of thiophene rings is 1. The Balaban J connectivity index is 1.97. The van der Waals surface area contributed by atoms with Gasteiger partial charge >= 0.3 is 0 Å². The average molecular weight is 332 g/mol. The quantitative estimate of drug-likeness (QED) is 0.918. The Morgan fingerprint density at radius 2 is 2.50 bits per heavy atom. The lowest BCUT2D eigenvalue weighted by Crippen LogP contribution is -2.40. The molecular weight excluding hydrogens is 314 g/mol. The van der Waals surface area contributed by atoms with Crippen LogP contribution in [0.3, 0.4) is 0 Å². The molecule has 0 aliphatic carbocycles. The van der Waals surface area contributed by atoms with E-state index in [0.29, 0.717) is 0 Å². The number of hydrogen-bond donors (Lipinski definition) is 1. The fourth-order valence-corrected chi connectivity index (χ4v) is 3.93. The smallest absolute Gasteiger partial charge is 0.261 e. The average Bonchev–Trinajstić information content (AvgIpc) is 2.97. The van der Waals surface area contributed by atoms with E-state index >= 15 is 0 Å². The van der Waals surface area contributed by atoms with Gasteiger partial charge in [-0.25, -0.2) is 0 Å². The number of hydrogen-bond acceptors (Lipinski definition) is 3. The SMILES string of the molecule is CCc1sc(C(=O)N[C@@H](C)[C@@H]2CCCO2)cc1Br. The van der Waals surface area contributed by atoms with Crippen LogP contribution >= 0.6 is 27.3 Å². The highest BCUT2D eigenvalue weighted by Gasteiger charge is 2.24. The fraction of sp³-hybridized carbons (Fsp3) is 0.615. The van der Waals surface area contributed by atoms with Gasteiger partial charge in [0, 0.05) is 16.0 Å². The lowest BCUT2D eigenvalue weighted by atomic mass is 10.1. The molecule has 1 aromatic heterocycles. The molecule has 1 fully saturated rings. The maximum atomic E-state index is 12.1. The first-order valence-corrected chi connectivity index (χ1v) is 7.93. The predicted molar refractivity (Wildman–Crippen MR) is 77.3 cm³/mol. The summed E-state index contributed by atoms with van der Waals surface area (Å²) in [6, 6.07) is 1.98. The van der Waals surface area contributed by atoms with Crippen molar-refractivity contribution in [2.75, 3.05) is 6.61 Å². The molecule has 1 aromatic rings. The van der Waals surface area contributed by atoms with E-state index in [1.54, 1.807) is 11.3 Å². The zero-order valence-electron chi connectivity index (χ0n) is 10.7. The third kappa shape index (κ3) is 3.13. The van der Waals surface area contributed by atoms with E-state index in [1.165, 1.54) is 4.88 Å². The van der Waals surface area contributed by atoms with Gasteiger partial charge < -0.3 is 10.1 Å². The second-order valence-electron chi connectivity index (χ2n) is 4.55. The van der Waals surface area contributed by atoms with Gasteiger partial charge in [0.05, 0.1) is 17.0 Å². The van der Waals surface area contributed by atoms with Crippen molar-refractivity contribution in [3.05, 3.63) is 20.3 Å². The molecule has 2 atom stereocenters. The standard InChI is InChI=1S/C13H18BrNO2S/c1-3-11-9(14)7-12(18-11)13(16)15-8(2)10-5-4-6-17-10/h7-8,10H,3-6H2,1-2H3,(H,15,16)/t8-,10-/m0/s1. The molecule has 100 valence electrons. The van der Waals surface area contributed by atoms with Gasteiger partial charge in [-0.05, 0) is 48.2 Å². The number of carbonyl (C=O) groups is 1. The number of ether oxygens (including phenoxy) is 1. The molecule has 2 heterocycles. The van der Waals surface area contributed by atoms with Gasteiger partial charge in [0.15, 0.2) is 0 Å². The molecule has 5 heteroatoms. The summed E-state index contributed by atoms with van der Waals surface area (Å²) in [7, 11) is 0. The van der Waals surface area contributed by atoms with E-state index < -0.39 is 0 Å². The molecule has 0 unspecified atom stereocenters. The normalized spacial score (nSPS) is 20.9. The number of aryl methyl sites for hydroxylation is 1. The zero-order valence-corrected chi connectivity index (χ0v) is 13.1. The molecule has 0 spiro atoms. The van der Waals surface area contributed by atoms with Crippen molar-refractivity contribution in [3.63, 3.8) is 0 Å². The molecule has 18 heavy (non-hydrogen) atoms. The van der Waals surface area contributed by atoms with E-state index in [-0.39, 0.29) is 18.1 Å². The molecule has 2 rings (SSSR count). The van der Waals surface area contributed by atoms with Crippen molar-refractivity contribution in [1.29, 1.82) is 0 Å². The number of nitrogens with one attached hydrogen (secondary N) is 1. The van der Waals surface area contributed by atoms with Crippen LogP contribution in [0.25, 0.3) is 0 Å². The Bertz CT molecular complexity index is 427. The van der Waals surface area contributed by atoms with Crippen LogP contribution in [0.5, 0.6) is 0 Å². The minimum absolute atomic E-state index is 0.00315. The van der Waals surface area contributed by atoms with Crippen molar-refractivity contribution in [2.24, 2.45) is 0 Å². The maximum Gasteiger partial charge on any atom is 0.261 e. The van der Waals surface area contributed by atoms with Crippen molar-refractivity contribution in [1.82, 2.24) is 5.32 Å². The Kier molecular flexibility index (Phi) is 4.81. The zero-order chi connectivity index (χ0) is 13.1. The molecule has 0 saturated carbocycles. The summed E-state index contributed by atoms with van der Waals surface area (Å²) in [4.78, 5) is 14.1. The van der Waals surface area contributed by atoms with Crippen molar-refractivity contribution < 1.29 is 9.53 Å². The summed E-state index contributed by atoms with van der Waals surface area (Å²) in [6.07, 6.45) is 3.24. The van der Waals surface area contributed by atoms with Crippen LogP contribution in [0.4, 0.5) is 0 Å². The largest absolute Gasteiger partial charge is 0.376 e. The molecule has 1 N–H and O–H groups in total. The molecule has 0 aromatic carbocycles. The van der Waals surface area contributed by atoms with Crippen molar-refractivity contribution in [2.45, 2.75) is 45.3 Å². The molecule has 1 saturated heterocycles. The molecule has 1 aliphatic heterocycles. The first-order chi connectivity index (χ1) is 8.61. The van der Waals surface area contributed by atoms with E-state index in [1.807, 2.05) is 13.0 Å². The topological polar surface area (TPSA) is 38.3 Å². The summed E-state index contributed by atoms with van der Waals surface area (Å²) in [5.74, 6) is 0.00315. The molecule has 0 radical (unpaired) electrons. The van der Waals surface area contributed by atoms with Gasteiger partial charge in [0.2, 0.25) is 0 Å². The highest BCUT2D eigenvalue weighted by Crippen LogP contribution is 2.28. The first-order valence-electron chi connectivity index (χ1n) is 6.32. The Morgan fingerprint density at radius 3 is 3.06 bits per heavy atom. The maximum absolute atomic E-state index is 12.1. The Labute approximate surface area is 120 Å². The van der Waals surface area contributed by atoms with Crippen molar-refractivity contribution >= 4 is 33.2 Å². The molecule has 1 amide bonds. The second-order valence-corrected chi connectivity index (χ2v) is 6.54. The summed E-state index contributed by atoms with van der Waals surface area (Å²) in [5, 5.41) is 3.03. The predicted octanol–water partition coefficient (Wildman–Crippen LogP) is 3.37. The van der Waals surface area contributed by atoms with Gasteiger partial charge in [0.25, 0.3) is 5.91 Å². The van der Waals surface area contributed by atoms with E-state index in [0.717, 1.165) is 35.2 Å². The number of amides is 1. The van der Waals surface area contributed by atoms with Crippen LogP contribution in [0.15, 0.2) is 10.5 Å². The second kappa shape index (κ2) is 6.17. The van der Waals surface area contributed by atoms with Gasteiger partial charge in [0.1, 0.15) is 0 Å². The van der Waals surface area contributed by atoms with Crippen LogP contribution in [0.2, 0.25) is 0 Å². The van der Waals surface area contributed by atoms with Gasteiger partial charge in [-0.1, -0.05) is 6.92 Å². The summed E-state index contributed by atoms with van der Waals surface area (Å²) in [5.41, 5.74) is 0. The number of carbonyl (C=O) groups excluding carboxylic acids is 1. The van der Waals surface area contributed by atoms with Crippen LogP contribution in [-0.4, -0.2) is 24.7 Å². The van der Waals surface area contributed by atoms with E-state index in [2.05, 4.69) is 28.2 Å². The van der Waals surface area contributed by atoms with Crippen LogP contribution in [-0.2, 0) is 11.2 Å². The lowest BCUT2D eigenvalue weighted by molar-refractivity contribution is 0.0714. The third-order valence-corrected chi connectivity index (χ3v) is 5.43. The highest BCUT2D eigenvalue weighted by molar-refractivity contribution is 9.10. The van der Waals surface area contributed by atoms with Crippen LogP contribution in [0.1, 0.15) is 41.2 Å². The Morgan fingerprint density at radius 1 is 1.72 bits per heavy atom. The molecule has 0 bridgehead atoms. The Hall–Kier alpha value is -0.390. The summed E-state index contributed by atoms with van der Waals surface area (Å²) < 4.78 is 6.61. The van der Waals surface area contributed by atoms with E-state index in [9.17, 15) is 4.79 Å². The molecular formula is C13H18BrNO2S. The van der Waals surface area contributed by atoms with Gasteiger partial charge in [-0.3, -0.25) is 4.79 Å². The van der Waals surface area contributed by atoms with Crippen molar-refractivity contribution in [3.8, 4) is 0 Å². The first kappa shape index (κ1) is 14.0. The summed E-state index contributed by atoms with van der Waals surface area (Å²) in [6.45, 7) is 4.92. The monoisotopic (exact) mass is 331 g/mol. The summed E-state index contributed by atoms with van der Waals surface area (Å²) >= 11 is 5.04. The minimum Gasteiger partial charge on any atom is -0.376 e. The van der Waals surface area contributed by atoms with Gasteiger partial charge in [-0.2, -0.15) is 0 Å².